The van der Waals surface area contributed by atoms with E-state index in [-0.39, 0.29) is 6.04 Å². The van der Waals surface area contributed by atoms with Crippen LogP contribution in [0.3, 0.4) is 0 Å². The fraction of sp³-hybridized carbons (Fsp3) is 0.500. The standard InChI is InChI=1S/C12H13F3N4/c13-12(14,15)8-4-5-10-17-18-11(19(10)7-8)9-3-1-2-6-16-9/h4-5,7,9,16H,1-3,6H2. The van der Waals surface area contributed by atoms with E-state index in [0.717, 1.165) is 38.1 Å². The summed E-state index contributed by atoms with van der Waals surface area (Å²) in [5, 5.41) is 11.2. The van der Waals surface area contributed by atoms with E-state index in [1.54, 1.807) is 0 Å². The molecule has 2 aromatic heterocycles. The topological polar surface area (TPSA) is 42.2 Å². The summed E-state index contributed by atoms with van der Waals surface area (Å²) >= 11 is 0. The number of fused-ring (bicyclic) bond motifs is 1. The number of piperidine rings is 1. The summed E-state index contributed by atoms with van der Waals surface area (Å²) in [7, 11) is 0. The molecule has 3 heterocycles. The molecule has 1 saturated heterocycles. The lowest BCUT2D eigenvalue weighted by Crippen LogP contribution is -2.28. The highest BCUT2D eigenvalue weighted by Crippen LogP contribution is 2.30. The SMILES string of the molecule is FC(F)(F)c1ccc2nnc(C3CCCCN3)n2c1. The van der Waals surface area contributed by atoms with Gasteiger partial charge in [0.15, 0.2) is 11.5 Å². The highest BCUT2D eigenvalue weighted by Gasteiger charge is 2.31. The third-order valence-corrected chi connectivity index (χ3v) is 3.38. The number of pyridine rings is 1. The molecule has 0 bridgehead atoms. The van der Waals surface area contributed by atoms with E-state index in [0.29, 0.717) is 11.5 Å². The minimum absolute atomic E-state index is 0.0211. The molecule has 4 nitrogen and oxygen atoms in total. The van der Waals surface area contributed by atoms with Gasteiger partial charge in [-0.1, -0.05) is 6.42 Å². The second-order valence-corrected chi connectivity index (χ2v) is 4.70. The van der Waals surface area contributed by atoms with Crippen molar-refractivity contribution >= 4 is 5.65 Å². The molecule has 19 heavy (non-hydrogen) atoms. The van der Waals surface area contributed by atoms with E-state index in [2.05, 4.69) is 15.5 Å². The molecule has 0 spiro atoms. The maximum atomic E-state index is 12.7. The summed E-state index contributed by atoms with van der Waals surface area (Å²) in [6, 6.07) is 2.36. The van der Waals surface area contributed by atoms with Crippen LogP contribution in [0.25, 0.3) is 5.65 Å². The fourth-order valence-electron chi connectivity index (χ4n) is 2.39. The molecule has 1 aliphatic heterocycles. The average Bonchev–Trinajstić information content (AvgIpc) is 2.81. The molecule has 1 fully saturated rings. The Kier molecular flexibility index (Phi) is 2.93. The van der Waals surface area contributed by atoms with Crippen LogP contribution in [0.1, 0.15) is 36.7 Å². The third kappa shape index (κ3) is 2.30. The van der Waals surface area contributed by atoms with Gasteiger partial charge in [0.25, 0.3) is 0 Å². The number of nitrogens with one attached hydrogen (secondary N) is 1. The number of aromatic nitrogens is 3. The van der Waals surface area contributed by atoms with E-state index in [9.17, 15) is 13.2 Å². The van der Waals surface area contributed by atoms with Gasteiger partial charge in [0.1, 0.15) is 0 Å². The molecule has 7 heteroatoms. The second kappa shape index (κ2) is 4.48. The monoisotopic (exact) mass is 270 g/mol. The van der Waals surface area contributed by atoms with Crippen LogP contribution in [0.2, 0.25) is 0 Å². The molecule has 3 rings (SSSR count). The maximum absolute atomic E-state index is 12.7. The maximum Gasteiger partial charge on any atom is 0.417 e. The summed E-state index contributed by atoms with van der Waals surface area (Å²) in [6.07, 6.45) is -0.277. The highest BCUT2D eigenvalue weighted by atomic mass is 19.4. The quantitative estimate of drug-likeness (QED) is 0.866. The molecule has 0 aliphatic carbocycles. The molecule has 102 valence electrons. The Morgan fingerprint density at radius 3 is 2.74 bits per heavy atom. The molecule has 0 amide bonds. The highest BCUT2D eigenvalue weighted by molar-refractivity contribution is 5.40. The van der Waals surface area contributed by atoms with Crippen LogP contribution in [0.15, 0.2) is 18.3 Å². The number of nitrogens with zero attached hydrogens (tertiary/aromatic N) is 3. The zero-order valence-corrected chi connectivity index (χ0v) is 10.1. The van der Waals surface area contributed by atoms with Gasteiger partial charge in [-0.25, -0.2) is 0 Å². The Morgan fingerprint density at radius 2 is 2.05 bits per heavy atom. The van der Waals surface area contributed by atoms with E-state index in [1.807, 2.05) is 0 Å². The van der Waals surface area contributed by atoms with Crippen molar-refractivity contribution in [3.05, 3.63) is 29.7 Å². The minimum atomic E-state index is -4.35. The number of alkyl halides is 3. The van der Waals surface area contributed by atoms with Crippen molar-refractivity contribution < 1.29 is 13.2 Å². The van der Waals surface area contributed by atoms with Crippen molar-refractivity contribution in [2.24, 2.45) is 0 Å². The molecular formula is C12H13F3N4. The third-order valence-electron chi connectivity index (χ3n) is 3.38. The van der Waals surface area contributed by atoms with Crippen molar-refractivity contribution in [1.29, 1.82) is 0 Å². The van der Waals surface area contributed by atoms with E-state index in [4.69, 9.17) is 0 Å². The predicted molar refractivity (Wildman–Crippen MR) is 62.6 cm³/mol. The van der Waals surface area contributed by atoms with E-state index < -0.39 is 11.7 Å². The van der Waals surface area contributed by atoms with Crippen LogP contribution >= 0.6 is 0 Å². The number of hydrogen-bond acceptors (Lipinski definition) is 3. The first-order valence-corrected chi connectivity index (χ1v) is 6.21. The first-order valence-electron chi connectivity index (χ1n) is 6.21. The molecule has 2 aromatic rings. The average molecular weight is 270 g/mol. The fourth-order valence-corrected chi connectivity index (χ4v) is 2.39. The smallest absolute Gasteiger partial charge is 0.307 e. The molecule has 1 unspecified atom stereocenters. The minimum Gasteiger partial charge on any atom is -0.307 e. The van der Waals surface area contributed by atoms with Crippen molar-refractivity contribution in [3.63, 3.8) is 0 Å². The Labute approximate surface area is 107 Å². The van der Waals surface area contributed by atoms with Gasteiger partial charge in [0.05, 0.1) is 11.6 Å². The second-order valence-electron chi connectivity index (χ2n) is 4.70. The lowest BCUT2D eigenvalue weighted by atomic mass is 10.0. The lowest BCUT2D eigenvalue weighted by molar-refractivity contribution is -0.137. The van der Waals surface area contributed by atoms with Gasteiger partial charge in [-0.3, -0.25) is 4.40 Å². The van der Waals surface area contributed by atoms with Crippen molar-refractivity contribution in [1.82, 2.24) is 19.9 Å². The number of rotatable bonds is 1. The molecule has 0 aromatic carbocycles. The van der Waals surface area contributed by atoms with Gasteiger partial charge < -0.3 is 5.32 Å². The first kappa shape index (κ1) is 12.4. The first-order chi connectivity index (χ1) is 9.05. The summed E-state index contributed by atoms with van der Waals surface area (Å²) in [5.41, 5.74) is -0.243. The van der Waals surface area contributed by atoms with Crippen LogP contribution in [0, 0.1) is 0 Å². The summed E-state index contributed by atoms with van der Waals surface area (Å²) in [5.74, 6) is 0.556. The van der Waals surface area contributed by atoms with Gasteiger partial charge >= 0.3 is 6.18 Å². The van der Waals surface area contributed by atoms with Crippen molar-refractivity contribution in [2.75, 3.05) is 6.54 Å². The van der Waals surface area contributed by atoms with Gasteiger partial charge in [0.2, 0.25) is 0 Å². The summed E-state index contributed by atoms with van der Waals surface area (Å²) < 4.78 is 39.6. The zero-order chi connectivity index (χ0) is 13.5. The van der Waals surface area contributed by atoms with Gasteiger partial charge in [-0.05, 0) is 31.5 Å². The lowest BCUT2D eigenvalue weighted by Gasteiger charge is -2.21. The van der Waals surface area contributed by atoms with Crippen LogP contribution in [-0.2, 0) is 6.18 Å². The normalized spacial score (nSPS) is 20.9. The van der Waals surface area contributed by atoms with E-state index >= 15 is 0 Å². The molecule has 1 N–H and O–H groups in total. The Morgan fingerprint density at radius 1 is 1.21 bits per heavy atom. The number of halogens is 3. The predicted octanol–water partition coefficient (Wildman–Crippen LogP) is 2.56. The van der Waals surface area contributed by atoms with Gasteiger partial charge in [0, 0.05) is 6.20 Å². The van der Waals surface area contributed by atoms with Crippen molar-refractivity contribution in [2.45, 2.75) is 31.5 Å². The van der Waals surface area contributed by atoms with Crippen LogP contribution in [-0.4, -0.2) is 21.1 Å². The molecule has 0 radical (unpaired) electrons. The van der Waals surface area contributed by atoms with Gasteiger partial charge in [-0.2, -0.15) is 13.2 Å². The molecular weight excluding hydrogens is 257 g/mol. The molecule has 0 saturated carbocycles. The van der Waals surface area contributed by atoms with Crippen LogP contribution in [0.4, 0.5) is 13.2 Å². The molecule has 1 aliphatic rings. The largest absolute Gasteiger partial charge is 0.417 e. The summed E-state index contributed by atoms with van der Waals surface area (Å²) in [4.78, 5) is 0. The Bertz CT molecular complexity index is 584. The van der Waals surface area contributed by atoms with E-state index in [1.165, 1.54) is 10.5 Å². The summed E-state index contributed by atoms with van der Waals surface area (Å²) in [6.45, 7) is 0.860. The molecule has 1 atom stereocenters. The zero-order valence-electron chi connectivity index (χ0n) is 10.1. The van der Waals surface area contributed by atoms with Crippen molar-refractivity contribution in [3.8, 4) is 0 Å². The van der Waals surface area contributed by atoms with Gasteiger partial charge in [-0.15, -0.1) is 10.2 Å². The Balaban J connectivity index is 2.05. The van der Waals surface area contributed by atoms with Crippen LogP contribution in [0.5, 0.6) is 0 Å². The Hall–Kier alpha value is -1.63. The number of hydrogen-bond donors (Lipinski definition) is 1. The van der Waals surface area contributed by atoms with Crippen LogP contribution < -0.4 is 5.32 Å².